The molecule has 0 fully saturated rings. The summed E-state index contributed by atoms with van der Waals surface area (Å²) in [4.78, 5) is 11.8. The second kappa shape index (κ2) is 5.83. The maximum atomic E-state index is 11.8. The Bertz CT molecular complexity index is 940. The van der Waals surface area contributed by atoms with Gasteiger partial charge in [0.25, 0.3) is 0 Å². The fourth-order valence-electron chi connectivity index (χ4n) is 2.87. The zero-order chi connectivity index (χ0) is 16.6. The minimum Gasteiger partial charge on any atom is -0.507 e. The van der Waals surface area contributed by atoms with Crippen molar-refractivity contribution in [1.29, 1.82) is 0 Å². The largest absolute Gasteiger partial charge is 0.507 e. The van der Waals surface area contributed by atoms with Gasteiger partial charge in [0.15, 0.2) is 5.43 Å². The molecule has 0 unspecified atom stereocenters. The summed E-state index contributed by atoms with van der Waals surface area (Å²) in [5, 5.41) is 12.2. The molecule has 0 bridgehead atoms. The molecular weight excluding hydrogens is 296 g/mol. The van der Waals surface area contributed by atoms with Crippen molar-refractivity contribution in [1.82, 2.24) is 0 Å². The minimum atomic E-state index is -0.162. The van der Waals surface area contributed by atoms with Crippen LogP contribution < -0.4 is 14.9 Å². The molecule has 0 spiro atoms. The summed E-state index contributed by atoms with van der Waals surface area (Å²) in [5.74, 6) is 1.60. The molecular formula is C18H18O5. The lowest BCUT2D eigenvalue weighted by Crippen LogP contribution is -2.00. The van der Waals surface area contributed by atoms with Crippen molar-refractivity contribution >= 4 is 21.7 Å². The number of ether oxygens (including phenoxy) is 2. The second-order valence-electron chi connectivity index (χ2n) is 5.35. The van der Waals surface area contributed by atoms with Crippen LogP contribution in [-0.4, -0.2) is 19.3 Å². The molecule has 3 rings (SSSR count). The van der Waals surface area contributed by atoms with Crippen LogP contribution in [0.2, 0.25) is 0 Å². The Morgan fingerprint density at radius 1 is 1.09 bits per heavy atom. The second-order valence-corrected chi connectivity index (χ2v) is 5.35. The van der Waals surface area contributed by atoms with Crippen LogP contribution in [0.5, 0.6) is 17.2 Å². The van der Waals surface area contributed by atoms with Gasteiger partial charge in [-0.1, -0.05) is 6.92 Å². The number of aromatic hydroxyl groups is 1. The lowest BCUT2D eigenvalue weighted by atomic mass is 10.0. The zero-order valence-electron chi connectivity index (χ0n) is 13.3. The highest BCUT2D eigenvalue weighted by molar-refractivity contribution is 6.08. The van der Waals surface area contributed by atoms with Crippen molar-refractivity contribution in [2.75, 3.05) is 14.2 Å². The fourth-order valence-corrected chi connectivity index (χ4v) is 2.87. The van der Waals surface area contributed by atoms with Gasteiger partial charge < -0.3 is 19.0 Å². The lowest BCUT2D eigenvalue weighted by molar-refractivity contribution is 0.404. The van der Waals surface area contributed by atoms with Crippen LogP contribution in [0.15, 0.2) is 33.5 Å². The smallest absolute Gasteiger partial charge is 0.182 e. The third-order valence-corrected chi connectivity index (χ3v) is 3.81. The molecule has 2 aromatic carbocycles. The standard InChI is InChI=1S/C18H18O5/c1-4-5-12-9-13(20)17-15(23-12)7-10-6-11(19)8-14(21-2)16(10)18(17)22-3/h6-9,20H,4-5H2,1-3H3. The van der Waals surface area contributed by atoms with Crippen LogP contribution in [0.3, 0.4) is 0 Å². The first-order valence-corrected chi connectivity index (χ1v) is 7.43. The Hall–Kier alpha value is -2.69. The van der Waals surface area contributed by atoms with E-state index in [1.807, 2.05) is 6.92 Å². The van der Waals surface area contributed by atoms with Crippen LogP contribution in [0.25, 0.3) is 21.7 Å². The van der Waals surface area contributed by atoms with E-state index in [4.69, 9.17) is 13.9 Å². The summed E-state index contributed by atoms with van der Waals surface area (Å²) in [6.07, 6.45) is 1.62. The van der Waals surface area contributed by atoms with Crippen molar-refractivity contribution in [2.45, 2.75) is 19.8 Å². The van der Waals surface area contributed by atoms with Crippen LogP contribution in [0.4, 0.5) is 0 Å². The monoisotopic (exact) mass is 314 g/mol. The van der Waals surface area contributed by atoms with E-state index in [9.17, 15) is 9.90 Å². The quantitative estimate of drug-likeness (QED) is 0.745. The molecule has 0 aliphatic rings. The van der Waals surface area contributed by atoms with Crippen molar-refractivity contribution in [3.05, 3.63) is 40.2 Å². The molecule has 1 aromatic heterocycles. The molecule has 3 aromatic rings. The van der Waals surface area contributed by atoms with Crippen molar-refractivity contribution in [2.24, 2.45) is 0 Å². The number of aryl methyl sites for hydroxylation is 1. The normalized spacial score (nSPS) is 11.1. The summed E-state index contributed by atoms with van der Waals surface area (Å²) in [6, 6.07) is 6.24. The summed E-state index contributed by atoms with van der Waals surface area (Å²) in [6.45, 7) is 2.03. The fraction of sp³-hybridized carbons (Fsp3) is 0.278. The van der Waals surface area contributed by atoms with E-state index in [-0.39, 0.29) is 11.2 Å². The maximum absolute atomic E-state index is 11.8. The Morgan fingerprint density at radius 2 is 1.87 bits per heavy atom. The predicted molar refractivity (Wildman–Crippen MR) is 88.8 cm³/mol. The number of benzene rings is 2. The Morgan fingerprint density at radius 3 is 2.52 bits per heavy atom. The van der Waals surface area contributed by atoms with Gasteiger partial charge in [-0.15, -0.1) is 0 Å². The Kier molecular flexibility index (Phi) is 3.86. The van der Waals surface area contributed by atoms with E-state index >= 15 is 0 Å². The van der Waals surface area contributed by atoms with Gasteiger partial charge in [0.1, 0.15) is 34.0 Å². The van der Waals surface area contributed by atoms with E-state index in [1.54, 1.807) is 12.1 Å². The van der Waals surface area contributed by atoms with Gasteiger partial charge in [-0.2, -0.15) is 0 Å². The highest BCUT2D eigenvalue weighted by Gasteiger charge is 2.18. The molecule has 0 aliphatic heterocycles. The first-order valence-electron chi connectivity index (χ1n) is 7.43. The molecule has 0 radical (unpaired) electrons. The van der Waals surface area contributed by atoms with Gasteiger partial charge in [-0.05, 0) is 23.9 Å². The SMILES string of the molecule is CCCc1cc(O)c2c(OC)c3c(OC)cc(=O)cc3cc2o1. The molecule has 0 saturated carbocycles. The number of hydrogen-bond donors (Lipinski definition) is 1. The van der Waals surface area contributed by atoms with Crippen LogP contribution in [-0.2, 0) is 6.42 Å². The van der Waals surface area contributed by atoms with Gasteiger partial charge in [-0.3, -0.25) is 4.79 Å². The van der Waals surface area contributed by atoms with Gasteiger partial charge >= 0.3 is 0 Å². The van der Waals surface area contributed by atoms with Gasteiger partial charge in [0.2, 0.25) is 0 Å². The topological polar surface area (TPSA) is 68.9 Å². The van der Waals surface area contributed by atoms with E-state index in [2.05, 4.69) is 0 Å². The molecule has 1 N–H and O–H groups in total. The first kappa shape index (κ1) is 15.2. The van der Waals surface area contributed by atoms with Gasteiger partial charge in [0, 0.05) is 18.6 Å². The van der Waals surface area contributed by atoms with Crippen LogP contribution in [0, 0.1) is 0 Å². The molecule has 23 heavy (non-hydrogen) atoms. The highest BCUT2D eigenvalue weighted by atomic mass is 16.5. The predicted octanol–water partition coefficient (Wildman–Crippen LogP) is 3.62. The van der Waals surface area contributed by atoms with E-state index in [1.165, 1.54) is 26.4 Å². The molecule has 0 saturated heterocycles. The maximum Gasteiger partial charge on any atom is 0.182 e. The van der Waals surface area contributed by atoms with Gasteiger partial charge in [0.05, 0.1) is 19.6 Å². The van der Waals surface area contributed by atoms with Crippen molar-refractivity contribution in [3.63, 3.8) is 0 Å². The Balaban J connectivity index is 2.49. The number of rotatable bonds is 4. The lowest BCUT2D eigenvalue weighted by Gasteiger charge is -2.14. The molecule has 0 amide bonds. The van der Waals surface area contributed by atoms with Crippen LogP contribution >= 0.6 is 0 Å². The number of fused-ring (bicyclic) bond motifs is 2. The van der Waals surface area contributed by atoms with Crippen molar-refractivity contribution < 1.29 is 19.0 Å². The molecule has 0 aliphatic carbocycles. The highest BCUT2D eigenvalue weighted by Crippen LogP contribution is 2.43. The molecule has 1 heterocycles. The van der Waals surface area contributed by atoms with E-state index < -0.39 is 0 Å². The third kappa shape index (κ3) is 2.48. The Labute approximate surface area is 133 Å². The number of hydrogen-bond acceptors (Lipinski definition) is 5. The average Bonchev–Trinajstić information content (AvgIpc) is 2.52. The molecule has 120 valence electrons. The van der Waals surface area contributed by atoms with Crippen LogP contribution in [0.1, 0.15) is 19.1 Å². The average molecular weight is 314 g/mol. The van der Waals surface area contributed by atoms with Crippen molar-refractivity contribution in [3.8, 4) is 17.2 Å². The first-order chi connectivity index (χ1) is 11.1. The molecule has 5 nitrogen and oxygen atoms in total. The minimum absolute atomic E-state index is 0.0849. The van der Waals surface area contributed by atoms with E-state index in [0.29, 0.717) is 39.0 Å². The summed E-state index contributed by atoms with van der Waals surface area (Å²) in [7, 11) is 3.00. The molecule has 0 atom stereocenters. The number of methoxy groups -OCH3 is 2. The summed E-state index contributed by atoms with van der Waals surface area (Å²) >= 11 is 0. The third-order valence-electron chi connectivity index (χ3n) is 3.81. The summed E-state index contributed by atoms with van der Waals surface area (Å²) in [5.41, 5.74) is 0.315. The zero-order valence-corrected chi connectivity index (χ0v) is 13.3. The van der Waals surface area contributed by atoms with E-state index in [0.717, 1.165) is 12.8 Å². The van der Waals surface area contributed by atoms with Gasteiger partial charge in [-0.25, -0.2) is 0 Å². The molecule has 5 heteroatoms. The summed E-state index contributed by atoms with van der Waals surface area (Å²) < 4.78 is 16.7.